The van der Waals surface area contributed by atoms with Crippen LogP contribution in [0.3, 0.4) is 0 Å². The van der Waals surface area contributed by atoms with E-state index in [1.165, 1.54) is 0 Å². The monoisotopic (exact) mass is 428 g/mol. The zero-order valence-electron chi connectivity index (χ0n) is 18.1. The van der Waals surface area contributed by atoms with E-state index in [-0.39, 0.29) is 24.3 Å². The molecular weight excluding hydrogens is 400 g/mol. The van der Waals surface area contributed by atoms with Crippen LogP contribution in [-0.2, 0) is 14.3 Å². The van der Waals surface area contributed by atoms with Gasteiger partial charge in [-0.05, 0) is 51.1 Å². The fourth-order valence-electron chi connectivity index (χ4n) is 3.75. The summed E-state index contributed by atoms with van der Waals surface area (Å²) in [6.07, 6.45) is 1.59. The highest BCUT2D eigenvalue weighted by molar-refractivity contribution is 6.01. The van der Waals surface area contributed by atoms with E-state index in [0.29, 0.717) is 37.2 Å². The maximum absolute atomic E-state index is 13.2. The second kappa shape index (κ2) is 8.41. The number of carbonyl (C=O) groups is 4. The zero-order chi connectivity index (χ0) is 22.8. The first kappa shape index (κ1) is 22.3. The Hall–Kier alpha value is -3.36. The van der Waals surface area contributed by atoms with E-state index in [4.69, 9.17) is 4.74 Å². The van der Waals surface area contributed by atoms with Crippen molar-refractivity contribution < 1.29 is 23.9 Å². The topological polar surface area (TPSA) is 108 Å². The minimum Gasteiger partial charge on any atom is -0.444 e. The van der Waals surface area contributed by atoms with Crippen LogP contribution in [0.2, 0.25) is 0 Å². The number of likely N-dealkylation sites (tertiary alicyclic amines) is 1. The van der Waals surface area contributed by atoms with Crippen molar-refractivity contribution in [3.63, 3.8) is 0 Å². The van der Waals surface area contributed by atoms with Gasteiger partial charge >= 0.3 is 6.09 Å². The Labute approximate surface area is 181 Å². The molecule has 1 aromatic rings. The molecule has 3 rings (SSSR count). The molecule has 1 aromatic carbocycles. The lowest BCUT2D eigenvalue weighted by molar-refractivity contribution is -0.119. The standard InChI is InChI=1S/C22H28N4O5/c1-5-17(27)23-16-8-6-15(7-9-16)19(29)26-14-18(28)24-22(26)10-12-25(13-11-22)20(30)31-21(2,3)4/h5-9H,1,10-14H2,2-4H3,(H,23,27)(H,24,28). The van der Waals surface area contributed by atoms with Gasteiger partial charge in [-0.1, -0.05) is 6.58 Å². The largest absolute Gasteiger partial charge is 0.444 e. The quantitative estimate of drug-likeness (QED) is 0.717. The van der Waals surface area contributed by atoms with E-state index < -0.39 is 17.4 Å². The van der Waals surface area contributed by atoms with Crippen molar-refractivity contribution in [3.05, 3.63) is 42.5 Å². The number of piperidine rings is 1. The number of ether oxygens (including phenoxy) is 1. The minimum absolute atomic E-state index is 0.0414. The van der Waals surface area contributed by atoms with Crippen LogP contribution in [0.5, 0.6) is 0 Å². The van der Waals surface area contributed by atoms with Crippen LogP contribution in [0.25, 0.3) is 0 Å². The zero-order valence-corrected chi connectivity index (χ0v) is 18.1. The first-order valence-corrected chi connectivity index (χ1v) is 10.2. The third kappa shape index (κ3) is 5.04. The highest BCUT2D eigenvalue weighted by Crippen LogP contribution is 2.32. The summed E-state index contributed by atoms with van der Waals surface area (Å²) in [6, 6.07) is 6.45. The molecule has 1 spiro atoms. The summed E-state index contributed by atoms with van der Waals surface area (Å²) in [7, 11) is 0. The molecule has 2 heterocycles. The molecule has 0 atom stereocenters. The highest BCUT2D eigenvalue weighted by Gasteiger charge is 2.49. The number of nitrogens with one attached hydrogen (secondary N) is 2. The average Bonchev–Trinajstić information content (AvgIpc) is 3.02. The van der Waals surface area contributed by atoms with Gasteiger partial charge in [0.1, 0.15) is 17.8 Å². The summed E-state index contributed by atoms with van der Waals surface area (Å²) in [5.41, 5.74) is -0.477. The summed E-state index contributed by atoms with van der Waals surface area (Å²) < 4.78 is 5.42. The molecule has 31 heavy (non-hydrogen) atoms. The molecule has 0 radical (unpaired) electrons. The Morgan fingerprint density at radius 3 is 2.32 bits per heavy atom. The molecule has 9 heteroatoms. The van der Waals surface area contributed by atoms with Crippen molar-refractivity contribution >= 4 is 29.5 Å². The molecule has 2 N–H and O–H groups in total. The number of anilines is 1. The molecule has 2 aliphatic rings. The molecule has 2 aliphatic heterocycles. The van der Waals surface area contributed by atoms with Crippen LogP contribution in [-0.4, -0.2) is 64.5 Å². The highest BCUT2D eigenvalue weighted by atomic mass is 16.6. The SMILES string of the molecule is C=CC(=O)Nc1ccc(C(=O)N2CC(=O)NC23CCN(C(=O)OC(C)(C)C)CC3)cc1. The van der Waals surface area contributed by atoms with Gasteiger partial charge in [-0.3, -0.25) is 14.4 Å². The van der Waals surface area contributed by atoms with Gasteiger partial charge in [0, 0.05) is 37.2 Å². The lowest BCUT2D eigenvalue weighted by atomic mass is 9.95. The van der Waals surface area contributed by atoms with E-state index in [1.807, 2.05) is 20.8 Å². The van der Waals surface area contributed by atoms with Gasteiger partial charge in [0.25, 0.3) is 5.91 Å². The average molecular weight is 428 g/mol. The van der Waals surface area contributed by atoms with E-state index in [0.717, 1.165) is 6.08 Å². The van der Waals surface area contributed by atoms with Gasteiger partial charge in [-0.15, -0.1) is 0 Å². The fourth-order valence-corrected chi connectivity index (χ4v) is 3.75. The molecule has 0 aliphatic carbocycles. The molecule has 166 valence electrons. The molecule has 0 unspecified atom stereocenters. The molecule has 9 nitrogen and oxygen atoms in total. The third-order valence-corrected chi connectivity index (χ3v) is 5.26. The van der Waals surface area contributed by atoms with Crippen LogP contribution < -0.4 is 10.6 Å². The summed E-state index contributed by atoms with van der Waals surface area (Å²) in [4.78, 5) is 52.3. The normalized spacial score (nSPS) is 17.8. The van der Waals surface area contributed by atoms with Crippen molar-refractivity contribution in [2.24, 2.45) is 0 Å². The molecule has 2 fully saturated rings. The fraction of sp³-hybridized carbons (Fsp3) is 0.455. The van der Waals surface area contributed by atoms with Crippen LogP contribution in [0.4, 0.5) is 10.5 Å². The number of rotatable bonds is 3. The van der Waals surface area contributed by atoms with Crippen LogP contribution in [0.15, 0.2) is 36.9 Å². The molecular formula is C22H28N4O5. The number of nitrogens with zero attached hydrogens (tertiary/aromatic N) is 2. The van der Waals surface area contributed by atoms with E-state index in [1.54, 1.807) is 34.1 Å². The Kier molecular flexibility index (Phi) is 6.06. The third-order valence-electron chi connectivity index (χ3n) is 5.26. The van der Waals surface area contributed by atoms with Crippen molar-refractivity contribution in [2.75, 3.05) is 25.0 Å². The van der Waals surface area contributed by atoms with E-state index in [2.05, 4.69) is 17.2 Å². The molecule has 4 amide bonds. The van der Waals surface area contributed by atoms with Gasteiger partial charge in [0.05, 0.1) is 0 Å². The lowest BCUT2D eigenvalue weighted by Gasteiger charge is -2.44. The van der Waals surface area contributed by atoms with Gasteiger partial charge in [-0.2, -0.15) is 0 Å². The maximum atomic E-state index is 13.2. The van der Waals surface area contributed by atoms with Crippen molar-refractivity contribution in [1.29, 1.82) is 0 Å². The number of hydrogen-bond acceptors (Lipinski definition) is 5. The summed E-state index contributed by atoms with van der Waals surface area (Å²) in [5, 5.41) is 5.57. The Balaban J connectivity index is 1.71. The summed E-state index contributed by atoms with van der Waals surface area (Å²) >= 11 is 0. The number of amides is 4. The smallest absolute Gasteiger partial charge is 0.410 e. The van der Waals surface area contributed by atoms with Gasteiger partial charge < -0.3 is 25.2 Å². The van der Waals surface area contributed by atoms with Crippen molar-refractivity contribution in [2.45, 2.75) is 44.9 Å². The molecule has 0 aromatic heterocycles. The second-order valence-electron chi connectivity index (χ2n) is 8.71. The van der Waals surface area contributed by atoms with E-state index in [9.17, 15) is 19.2 Å². The predicted molar refractivity (Wildman–Crippen MR) is 114 cm³/mol. The number of carbonyl (C=O) groups excluding carboxylic acids is 4. The van der Waals surface area contributed by atoms with E-state index >= 15 is 0 Å². The lowest BCUT2D eigenvalue weighted by Crippen LogP contribution is -2.60. The van der Waals surface area contributed by atoms with Crippen molar-refractivity contribution in [3.8, 4) is 0 Å². The molecule has 0 saturated carbocycles. The number of hydrogen-bond donors (Lipinski definition) is 2. The maximum Gasteiger partial charge on any atom is 0.410 e. The summed E-state index contributed by atoms with van der Waals surface area (Å²) in [6.45, 7) is 9.51. The second-order valence-corrected chi connectivity index (χ2v) is 8.71. The van der Waals surface area contributed by atoms with Crippen LogP contribution in [0, 0.1) is 0 Å². The molecule has 2 saturated heterocycles. The van der Waals surface area contributed by atoms with Crippen molar-refractivity contribution in [1.82, 2.24) is 15.1 Å². The predicted octanol–water partition coefficient (Wildman–Crippen LogP) is 2.11. The summed E-state index contributed by atoms with van der Waals surface area (Å²) in [5.74, 6) is -0.858. The Morgan fingerprint density at radius 1 is 1.16 bits per heavy atom. The first-order valence-electron chi connectivity index (χ1n) is 10.2. The van der Waals surface area contributed by atoms with Gasteiger partial charge in [-0.25, -0.2) is 4.79 Å². The Bertz CT molecular complexity index is 895. The Morgan fingerprint density at radius 2 is 1.77 bits per heavy atom. The minimum atomic E-state index is -0.831. The van der Waals surface area contributed by atoms with Crippen LogP contribution in [0.1, 0.15) is 44.0 Å². The van der Waals surface area contributed by atoms with Gasteiger partial charge in [0.2, 0.25) is 11.8 Å². The first-order chi connectivity index (χ1) is 14.5. The number of benzene rings is 1. The van der Waals surface area contributed by atoms with Crippen LogP contribution >= 0.6 is 0 Å². The molecule has 0 bridgehead atoms. The van der Waals surface area contributed by atoms with Gasteiger partial charge in [0.15, 0.2) is 0 Å².